The van der Waals surface area contributed by atoms with Crippen molar-refractivity contribution in [2.75, 3.05) is 0 Å². The van der Waals surface area contributed by atoms with Crippen LogP contribution < -0.4 is 0 Å². The molecule has 1 aromatic heterocycles. The number of pyridine rings is 1. The minimum atomic E-state index is 0.450. The molecule has 0 aliphatic rings. The lowest BCUT2D eigenvalue weighted by Gasteiger charge is -2.13. The van der Waals surface area contributed by atoms with Crippen LogP contribution in [0.1, 0.15) is 44.2 Å². The van der Waals surface area contributed by atoms with Crippen molar-refractivity contribution in [2.24, 2.45) is 0 Å². The molecule has 0 N–H and O–H groups in total. The molecule has 1 heterocycles. The summed E-state index contributed by atoms with van der Waals surface area (Å²) in [6, 6.07) is 5.98. The van der Waals surface area contributed by atoms with E-state index in [-0.39, 0.29) is 0 Å². The van der Waals surface area contributed by atoms with Crippen LogP contribution in [0.15, 0.2) is 24.4 Å². The van der Waals surface area contributed by atoms with E-state index in [4.69, 9.17) is 0 Å². The SMILES string of the molecule is CCCC(CCC=O)c1ccccn1. The molecule has 1 aromatic rings. The van der Waals surface area contributed by atoms with E-state index >= 15 is 0 Å². The van der Waals surface area contributed by atoms with E-state index < -0.39 is 0 Å². The first-order valence-electron chi connectivity index (χ1n) is 5.23. The van der Waals surface area contributed by atoms with E-state index in [9.17, 15) is 4.79 Å². The summed E-state index contributed by atoms with van der Waals surface area (Å²) in [5.74, 6) is 0.450. The molecule has 2 heteroatoms. The summed E-state index contributed by atoms with van der Waals surface area (Å²) >= 11 is 0. The third-order valence-corrected chi connectivity index (χ3v) is 2.38. The molecule has 0 radical (unpaired) electrons. The van der Waals surface area contributed by atoms with Gasteiger partial charge in [0.2, 0.25) is 0 Å². The molecule has 0 bridgehead atoms. The van der Waals surface area contributed by atoms with Crippen LogP contribution >= 0.6 is 0 Å². The van der Waals surface area contributed by atoms with Crippen molar-refractivity contribution in [3.05, 3.63) is 30.1 Å². The minimum absolute atomic E-state index is 0.450. The van der Waals surface area contributed by atoms with Gasteiger partial charge in [-0.05, 0) is 25.0 Å². The van der Waals surface area contributed by atoms with Gasteiger partial charge >= 0.3 is 0 Å². The van der Waals surface area contributed by atoms with Crippen LogP contribution in [-0.2, 0) is 4.79 Å². The largest absolute Gasteiger partial charge is 0.303 e. The summed E-state index contributed by atoms with van der Waals surface area (Å²) in [6.45, 7) is 2.16. The molecule has 0 aliphatic carbocycles. The fourth-order valence-electron chi connectivity index (χ4n) is 1.68. The predicted octanol–water partition coefficient (Wildman–Crippen LogP) is 2.94. The van der Waals surface area contributed by atoms with Crippen LogP contribution in [0.4, 0.5) is 0 Å². The van der Waals surface area contributed by atoms with Crippen LogP contribution in [-0.4, -0.2) is 11.3 Å². The lowest BCUT2D eigenvalue weighted by molar-refractivity contribution is -0.108. The lowest BCUT2D eigenvalue weighted by atomic mass is 9.94. The second-order valence-corrected chi connectivity index (χ2v) is 3.48. The summed E-state index contributed by atoms with van der Waals surface area (Å²) in [6.07, 6.45) is 6.63. The molecule has 1 rings (SSSR count). The molecule has 0 aromatic carbocycles. The predicted molar refractivity (Wildman–Crippen MR) is 57.2 cm³/mol. The fraction of sp³-hybridized carbons (Fsp3) is 0.500. The van der Waals surface area contributed by atoms with Crippen molar-refractivity contribution in [1.82, 2.24) is 4.98 Å². The summed E-state index contributed by atoms with van der Waals surface area (Å²) in [5, 5.41) is 0. The van der Waals surface area contributed by atoms with Crippen molar-refractivity contribution in [1.29, 1.82) is 0 Å². The Balaban J connectivity index is 2.62. The Hall–Kier alpha value is -1.18. The number of nitrogens with zero attached hydrogens (tertiary/aromatic N) is 1. The zero-order chi connectivity index (χ0) is 10.2. The van der Waals surface area contributed by atoms with E-state index in [2.05, 4.69) is 11.9 Å². The first-order chi connectivity index (χ1) is 6.88. The van der Waals surface area contributed by atoms with Crippen LogP contribution in [0.5, 0.6) is 0 Å². The molecule has 14 heavy (non-hydrogen) atoms. The van der Waals surface area contributed by atoms with E-state index in [1.807, 2.05) is 24.4 Å². The van der Waals surface area contributed by atoms with Crippen molar-refractivity contribution in [3.8, 4) is 0 Å². The molecule has 0 fully saturated rings. The van der Waals surface area contributed by atoms with Gasteiger partial charge in [0.05, 0.1) is 0 Å². The number of rotatable bonds is 6. The monoisotopic (exact) mass is 191 g/mol. The summed E-state index contributed by atoms with van der Waals surface area (Å²) in [7, 11) is 0. The number of hydrogen-bond donors (Lipinski definition) is 0. The second kappa shape index (κ2) is 6.30. The molecule has 2 nitrogen and oxygen atoms in total. The Labute approximate surface area is 85.4 Å². The fourth-order valence-corrected chi connectivity index (χ4v) is 1.68. The van der Waals surface area contributed by atoms with Crippen LogP contribution in [0.25, 0.3) is 0 Å². The molecular formula is C12H17NO. The first kappa shape index (κ1) is 10.9. The number of carbonyl (C=O) groups is 1. The van der Waals surface area contributed by atoms with Crippen molar-refractivity contribution in [2.45, 2.75) is 38.5 Å². The van der Waals surface area contributed by atoms with Crippen LogP contribution in [0.2, 0.25) is 0 Å². The molecule has 0 spiro atoms. The molecular weight excluding hydrogens is 174 g/mol. The van der Waals surface area contributed by atoms with Gasteiger partial charge in [-0.15, -0.1) is 0 Å². The average Bonchev–Trinajstić information content (AvgIpc) is 2.25. The maximum atomic E-state index is 10.3. The number of hydrogen-bond acceptors (Lipinski definition) is 2. The highest BCUT2D eigenvalue weighted by molar-refractivity contribution is 5.49. The van der Waals surface area contributed by atoms with Gasteiger partial charge in [-0.25, -0.2) is 0 Å². The Morgan fingerprint density at radius 1 is 1.43 bits per heavy atom. The average molecular weight is 191 g/mol. The van der Waals surface area contributed by atoms with Gasteiger partial charge in [-0.3, -0.25) is 4.98 Å². The van der Waals surface area contributed by atoms with E-state index in [1.165, 1.54) is 0 Å². The molecule has 1 atom stereocenters. The summed E-state index contributed by atoms with van der Waals surface area (Å²) in [5.41, 5.74) is 1.12. The van der Waals surface area contributed by atoms with Gasteiger partial charge in [0.1, 0.15) is 6.29 Å². The van der Waals surface area contributed by atoms with Crippen molar-refractivity contribution in [3.63, 3.8) is 0 Å². The van der Waals surface area contributed by atoms with Crippen molar-refractivity contribution < 1.29 is 4.79 Å². The zero-order valence-corrected chi connectivity index (χ0v) is 8.65. The highest BCUT2D eigenvalue weighted by atomic mass is 16.1. The van der Waals surface area contributed by atoms with Gasteiger partial charge in [0, 0.05) is 24.2 Å². The maximum absolute atomic E-state index is 10.3. The Morgan fingerprint density at radius 3 is 2.86 bits per heavy atom. The first-order valence-corrected chi connectivity index (χ1v) is 5.23. The van der Waals surface area contributed by atoms with E-state index in [0.29, 0.717) is 12.3 Å². The molecule has 0 saturated heterocycles. The minimum Gasteiger partial charge on any atom is -0.303 e. The second-order valence-electron chi connectivity index (χ2n) is 3.48. The summed E-state index contributed by atoms with van der Waals surface area (Å²) in [4.78, 5) is 14.7. The Morgan fingerprint density at radius 2 is 2.29 bits per heavy atom. The standard InChI is InChI=1S/C12H17NO/c1-2-6-11(7-5-10-14)12-8-3-4-9-13-12/h3-4,8-11H,2,5-7H2,1H3. The molecule has 1 unspecified atom stereocenters. The third kappa shape index (κ3) is 3.29. The highest BCUT2D eigenvalue weighted by Gasteiger charge is 2.10. The van der Waals surface area contributed by atoms with Gasteiger partial charge < -0.3 is 4.79 Å². The van der Waals surface area contributed by atoms with Gasteiger partial charge in [0.25, 0.3) is 0 Å². The van der Waals surface area contributed by atoms with Gasteiger partial charge in [0.15, 0.2) is 0 Å². The van der Waals surface area contributed by atoms with E-state index in [0.717, 1.165) is 31.2 Å². The van der Waals surface area contributed by atoms with Gasteiger partial charge in [-0.2, -0.15) is 0 Å². The van der Waals surface area contributed by atoms with Gasteiger partial charge in [-0.1, -0.05) is 19.4 Å². The maximum Gasteiger partial charge on any atom is 0.120 e. The number of aldehydes is 1. The van der Waals surface area contributed by atoms with Crippen LogP contribution in [0, 0.1) is 0 Å². The Kier molecular flexibility index (Phi) is 4.90. The Bertz CT molecular complexity index is 258. The number of carbonyl (C=O) groups excluding carboxylic acids is 1. The van der Waals surface area contributed by atoms with E-state index in [1.54, 1.807) is 0 Å². The normalized spacial score (nSPS) is 12.4. The third-order valence-electron chi connectivity index (χ3n) is 2.38. The zero-order valence-electron chi connectivity index (χ0n) is 8.65. The number of aromatic nitrogens is 1. The smallest absolute Gasteiger partial charge is 0.120 e. The molecule has 76 valence electrons. The van der Waals surface area contributed by atoms with Crippen LogP contribution in [0.3, 0.4) is 0 Å². The quantitative estimate of drug-likeness (QED) is 0.647. The molecule has 0 saturated carbocycles. The van der Waals surface area contributed by atoms with Crippen molar-refractivity contribution >= 4 is 6.29 Å². The highest BCUT2D eigenvalue weighted by Crippen LogP contribution is 2.23. The summed E-state index contributed by atoms with van der Waals surface area (Å²) < 4.78 is 0. The lowest BCUT2D eigenvalue weighted by Crippen LogP contribution is -2.01. The molecule has 0 amide bonds. The molecule has 0 aliphatic heterocycles. The topological polar surface area (TPSA) is 30.0 Å².